The van der Waals surface area contributed by atoms with Crippen molar-refractivity contribution in [3.05, 3.63) is 59.2 Å². The standard InChI is InChI=1S/C16H14F2N6OS/c17-12-2-1-3-13(18)11(12)8-24-9-14(21-22-24)15(25)19-6-10-7-23-4-5-26-16(23)20-10/h1-3,7,9H,4-6,8H2,(H,19,25). The second kappa shape index (κ2) is 6.87. The van der Waals surface area contributed by atoms with Crippen LogP contribution in [-0.4, -0.2) is 36.2 Å². The normalized spacial score (nSPS) is 13.0. The maximum Gasteiger partial charge on any atom is 0.273 e. The van der Waals surface area contributed by atoms with Crippen molar-refractivity contribution < 1.29 is 13.6 Å². The van der Waals surface area contributed by atoms with Crippen LogP contribution >= 0.6 is 11.8 Å². The van der Waals surface area contributed by atoms with Gasteiger partial charge in [-0.3, -0.25) is 4.79 Å². The smallest absolute Gasteiger partial charge is 0.273 e. The Morgan fingerprint density at radius 3 is 2.85 bits per heavy atom. The summed E-state index contributed by atoms with van der Waals surface area (Å²) in [7, 11) is 0. The number of rotatable bonds is 5. The second-order valence-corrected chi connectivity index (χ2v) is 6.80. The van der Waals surface area contributed by atoms with Gasteiger partial charge in [-0.1, -0.05) is 23.0 Å². The molecule has 7 nitrogen and oxygen atoms in total. The summed E-state index contributed by atoms with van der Waals surface area (Å²) in [5.41, 5.74) is 0.707. The third-order valence-corrected chi connectivity index (χ3v) is 4.91. The Morgan fingerprint density at radius 2 is 2.08 bits per heavy atom. The number of carbonyl (C=O) groups is 1. The van der Waals surface area contributed by atoms with Crippen LogP contribution in [0.2, 0.25) is 0 Å². The summed E-state index contributed by atoms with van der Waals surface area (Å²) in [4.78, 5) is 16.6. The van der Waals surface area contributed by atoms with Crippen LogP contribution in [0.3, 0.4) is 0 Å². The zero-order valence-corrected chi connectivity index (χ0v) is 14.3. The first-order valence-electron chi connectivity index (χ1n) is 7.90. The molecule has 0 unspecified atom stereocenters. The van der Waals surface area contributed by atoms with Crippen molar-refractivity contribution in [2.75, 3.05) is 5.75 Å². The molecule has 0 atom stereocenters. The van der Waals surface area contributed by atoms with Crippen LogP contribution in [0.1, 0.15) is 21.7 Å². The maximum absolute atomic E-state index is 13.7. The van der Waals surface area contributed by atoms with Gasteiger partial charge in [0.15, 0.2) is 10.9 Å². The van der Waals surface area contributed by atoms with Crippen molar-refractivity contribution in [3.63, 3.8) is 0 Å². The van der Waals surface area contributed by atoms with Gasteiger partial charge in [0.1, 0.15) is 11.6 Å². The van der Waals surface area contributed by atoms with Gasteiger partial charge >= 0.3 is 0 Å². The lowest BCUT2D eigenvalue weighted by Gasteiger charge is -2.04. The minimum absolute atomic E-state index is 0.0721. The Bertz CT molecular complexity index is 928. The lowest BCUT2D eigenvalue weighted by Crippen LogP contribution is -2.23. The van der Waals surface area contributed by atoms with Crippen LogP contribution in [0.25, 0.3) is 0 Å². The Balaban J connectivity index is 1.39. The molecule has 0 saturated carbocycles. The molecular weight excluding hydrogens is 362 g/mol. The van der Waals surface area contributed by atoms with E-state index in [9.17, 15) is 13.6 Å². The van der Waals surface area contributed by atoms with Crippen LogP contribution in [0, 0.1) is 11.6 Å². The van der Waals surface area contributed by atoms with Crippen molar-refractivity contribution >= 4 is 17.7 Å². The van der Waals surface area contributed by atoms with Gasteiger partial charge in [-0.05, 0) is 12.1 Å². The van der Waals surface area contributed by atoms with Crippen molar-refractivity contribution in [3.8, 4) is 0 Å². The molecular formula is C16H14F2N6OS. The van der Waals surface area contributed by atoms with Crippen LogP contribution < -0.4 is 5.32 Å². The number of halogens is 2. The first kappa shape index (κ1) is 16.7. The van der Waals surface area contributed by atoms with E-state index in [4.69, 9.17) is 0 Å². The zero-order chi connectivity index (χ0) is 18.1. The average molecular weight is 376 g/mol. The molecule has 1 N–H and O–H groups in total. The molecule has 134 valence electrons. The van der Waals surface area contributed by atoms with Gasteiger partial charge in [-0.25, -0.2) is 18.4 Å². The molecule has 0 radical (unpaired) electrons. The summed E-state index contributed by atoms with van der Waals surface area (Å²) in [6.07, 6.45) is 3.26. The monoisotopic (exact) mass is 376 g/mol. The molecule has 1 amide bonds. The van der Waals surface area contributed by atoms with Gasteiger partial charge in [0.05, 0.1) is 25.0 Å². The minimum atomic E-state index is -0.669. The Morgan fingerprint density at radius 1 is 1.27 bits per heavy atom. The summed E-state index contributed by atoms with van der Waals surface area (Å²) in [6.45, 7) is 1.04. The molecule has 26 heavy (non-hydrogen) atoms. The number of hydrogen-bond donors (Lipinski definition) is 1. The molecule has 0 aliphatic carbocycles. The average Bonchev–Trinajstić information content (AvgIpc) is 3.32. The number of hydrogen-bond acceptors (Lipinski definition) is 5. The largest absolute Gasteiger partial charge is 0.345 e. The topological polar surface area (TPSA) is 77.6 Å². The fraction of sp³-hybridized carbons (Fsp3) is 0.250. The fourth-order valence-electron chi connectivity index (χ4n) is 2.63. The molecule has 1 aromatic carbocycles. The molecule has 3 heterocycles. The lowest BCUT2D eigenvalue weighted by atomic mass is 10.2. The third-order valence-electron chi connectivity index (χ3n) is 3.94. The van der Waals surface area contributed by atoms with Crippen molar-refractivity contribution in [2.24, 2.45) is 0 Å². The highest BCUT2D eigenvalue weighted by Gasteiger charge is 2.17. The lowest BCUT2D eigenvalue weighted by molar-refractivity contribution is 0.0945. The van der Waals surface area contributed by atoms with Gasteiger partial charge in [-0.15, -0.1) is 5.10 Å². The number of thioether (sulfide) groups is 1. The van der Waals surface area contributed by atoms with E-state index in [1.54, 1.807) is 11.8 Å². The van der Waals surface area contributed by atoms with E-state index in [1.165, 1.54) is 29.1 Å². The number of nitrogens with one attached hydrogen (secondary N) is 1. The van der Waals surface area contributed by atoms with E-state index in [-0.39, 0.29) is 24.3 Å². The van der Waals surface area contributed by atoms with Crippen LogP contribution in [0.5, 0.6) is 0 Å². The molecule has 0 bridgehead atoms. The fourth-order valence-corrected chi connectivity index (χ4v) is 3.60. The Kier molecular flexibility index (Phi) is 4.41. The molecule has 1 aliphatic heterocycles. The number of fused-ring (bicyclic) bond motifs is 1. The first-order chi connectivity index (χ1) is 12.6. The molecule has 4 rings (SSSR count). The number of carbonyl (C=O) groups excluding carboxylic acids is 1. The predicted octanol–water partition coefficient (Wildman–Crippen LogP) is 1.84. The van der Waals surface area contributed by atoms with Gasteiger partial charge in [0.25, 0.3) is 5.91 Å². The number of nitrogens with zero attached hydrogens (tertiary/aromatic N) is 5. The highest BCUT2D eigenvalue weighted by Crippen LogP contribution is 2.24. The van der Waals surface area contributed by atoms with E-state index >= 15 is 0 Å². The molecule has 10 heteroatoms. The zero-order valence-electron chi connectivity index (χ0n) is 13.5. The number of amides is 1. The van der Waals surface area contributed by atoms with Gasteiger partial charge in [0.2, 0.25) is 0 Å². The third kappa shape index (κ3) is 3.32. The predicted molar refractivity (Wildman–Crippen MR) is 89.6 cm³/mol. The number of aryl methyl sites for hydroxylation is 1. The van der Waals surface area contributed by atoms with Crippen molar-refractivity contribution in [2.45, 2.75) is 24.8 Å². The second-order valence-electron chi connectivity index (χ2n) is 5.74. The summed E-state index contributed by atoms with van der Waals surface area (Å²) < 4.78 is 30.6. The SMILES string of the molecule is O=C(NCc1cn2c(n1)SCC2)c1cn(Cc2c(F)cccc2F)nn1. The summed E-state index contributed by atoms with van der Waals surface area (Å²) in [6, 6.07) is 3.63. The summed E-state index contributed by atoms with van der Waals surface area (Å²) in [5, 5.41) is 11.2. The molecule has 1 aliphatic rings. The molecule has 2 aromatic heterocycles. The highest BCUT2D eigenvalue weighted by atomic mass is 32.2. The summed E-state index contributed by atoms with van der Waals surface area (Å²) >= 11 is 1.68. The van der Waals surface area contributed by atoms with Crippen molar-refractivity contribution in [1.29, 1.82) is 0 Å². The van der Waals surface area contributed by atoms with E-state index in [0.717, 1.165) is 23.1 Å². The molecule has 0 saturated heterocycles. The van der Waals surface area contributed by atoms with Gasteiger partial charge < -0.3 is 9.88 Å². The molecule has 0 spiro atoms. The highest BCUT2D eigenvalue weighted by molar-refractivity contribution is 7.99. The minimum Gasteiger partial charge on any atom is -0.345 e. The number of imidazole rings is 1. The first-order valence-corrected chi connectivity index (χ1v) is 8.89. The Hall–Kier alpha value is -2.75. The van der Waals surface area contributed by atoms with Gasteiger partial charge in [-0.2, -0.15) is 0 Å². The molecule has 3 aromatic rings. The van der Waals surface area contributed by atoms with Crippen LogP contribution in [0.15, 0.2) is 35.7 Å². The quantitative estimate of drug-likeness (QED) is 0.735. The van der Waals surface area contributed by atoms with E-state index < -0.39 is 17.5 Å². The number of benzene rings is 1. The number of aromatic nitrogens is 5. The van der Waals surface area contributed by atoms with Crippen LogP contribution in [-0.2, 0) is 19.6 Å². The maximum atomic E-state index is 13.7. The Labute approximate surface area is 151 Å². The molecule has 0 fully saturated rings. The summed E-state index contributed by atoms with van der Waals surface area (Å²) in [5.74, 6) is -0.749. The van der Waals surface area contributed by atoms with E-state index in [0.29, 0.717) is 0 Å². The van der Waals surface area contributed by atoms with Crippen molar-refractivity contribution in [1.82, 2.24) is 29.9 Å². The van der Waals surface area contributed by atoms with Crippen LogP contribution in [0.4, 0.5) is 8.78 Å². The van der Waals surface area contributed by atoms with Gasteiger partial charge in [0, 0.05) is 24.1 Å². The van der Waals surface area contributed by atoms with E-state index in [2.05, 4.69) is 20.6 Å². The van der Waals surface area contributed by atoms with E-state index in [1.807, 2.05) is 10.8 Å².